The molecule has 0 bridgehead atoms. The van der Waals surface area contributed by atoms with Crippen LogP contribution >= 0.6 is 0 Å². The topological polar surface area (TPSA) is 21.3 Å². The molecule has 3 rings (SSSR count). The molecular weight excluding hydrogens is 258 g/mol. The first-order valence-electron chi connectivity index (χ1n) is 8.59. The van der Waals surface area contributed by atoms with Crippen LogP contribution in [-0.2, 0) is 11.2 Å². The SMILES string of the molecule is CCCNC1CC(OC2CCCc3ccccc32)C1(C)C. The van der Waals surface area contributed by atoms with Gasteiger partial charge in [-0.05, 0) is 49.8 Å². The van der Waals surface area contributed by atoms with Gasteiger partial charge in [0.05, 0.1) is 12.2 Å². The summed E-state index contributed by atoms with van der Waals surface area (Å²) in [6.07, 6.45) is 6.71. The molecule has 2 aliphatic carbocycles. The summed E-state index contributed by atoms with van der Waals surface area (Å²) in [4.78, 5) is 0. The van der Waals surface area contributed by atoms with Gasteiger partial charge < -0.3 is 10.1 Å². The molecule has 1 fully saturated rings. The number of fused-ring (bicyclic) bond motifs is 1. The van der Waals surface area contributed by atoms with E-state index in [0.29, 0.717) is 18.2 Å². The van der Waals surface area contributed by atoms with E-state index in [1.54, 1.807) is 0 Å². The van der Waals surface area contributed by atoms with Crippen molar-refractivity contribution in [3.63, 3.8) is 0 Å². The third-order valence-electron chi connectivity index (χ3n) is 5.46. The number of nitrogens with one attached hydrogen (secondary N) is 1. The lowest BCUT2D eigenvalue weighted by molar-refractivity contribution is -0.152. The lowest BCUT2D eigenvalue weighted by Crippen LogP contribution is -2.61. The van der Waals surface area contributed by atoms with Crippen LogP contribution < -0.4 is 5.32 Å². The predicted molar refractivity (Wildman–Crippen MR) is 87.5 cm³/mol. The zero-order valence-corrected chi connectivity index (χ0v) is 13.7. The number of rotatable bonds is 5. The van der Waals surface area contributed by atoms with E-state index in [1.807, 2.05) is 0 Å². The number of aryl methyl sites for hydroxylation is 1. The summed E-state index contributed by atoms with van der Waals surface area (Å²) in [7, 11) is 0. The maximum absolute atomic E-state index is 6.54. The van der Waals surface area contributed by atoms with Gasteiger partial charge in [0.2, 0.25) is 0 Å². The van der Waals surface area contributed by atoms with Crippen molar-refractivity contribution in [1.82, 2.24) is 5.32 Å². The molecule has 2 nitrogen and oxygen atoms in total. The van der Waals surface area contributed by atoms with Crippen LogP contribution in [0.15, 0.2) is 24.3 Å². The molecule has 0 saturated heterocycles. The van der Waals surface area contributed by atoms with Crippen LogP contribution in [0.1, 0.15) is 63.7 Å². The Labute approximate surface area is 129 Å². The molecule has 0 spiro atoms. The van der Waals surface area contributed by atoms with E-state index in [2.05, 4.69) is 50.4 Å². The van der Waals surface area contributed by atoms with Gasteiger partial charge in [-0.3, -0.25) is 0 Å². The average molecular weight is 287 g/mol. The molecule has 2 heteroatoms. The lowest BCUT2D eigenvalue weighted by Gasteiger charge is -2.53. The molecule has 0 aliphatic heterocycles. The van der Waals surface area contributed by atoms with Crippen LogP contribution in [0.3, 0.4) is 0 Å². The molecule has 1 aromatic rings. The smallest absolute Gasteiger partial charge is 0.0831 e. The highest BCUT2D eigenvalue weighted by atomic mass is 16.5. The van der Waals surface area contributed by atoms with Crippen molar-refractivity contribution in [1.29, 1.82) is 0 Å². The van der Waals surface area contributed by atoms with E-state index in [4.69, 9.17) is 4.74 Å². The Hall–Kier alpha value is -0.860. The van der Waals surface area contributed by atoms with Crippen molar-refractivity contribution in [2.45, 2.75) is 71.1 Å². The minimum atomic E-state index is 0.252. The molecule has 0 radical (unpaired) electrons. The fourth-order valence-electron chi connectivity index (χ4n) is 3.83. The highest BCUT2D eigenvalue weighted by Gasteiger charge is 2.49. The van der Waals surface area contributed by atoms with E-state index < -0.39 is 0 Å². The standard InChI is InChI=1S/C19H29NO/c1-4-12-20-17-13-18(19(17,2)3)21-16-11-7-9-14-8-5-6-10-15(14)16/h5-6,8,10,16-18,20H,4,7,9,11-13H2,1-3H3. The van der Waals surface area contributed by atoms with Gasteiger partial charge in [-0.2, -0.15) is 0 Å². The summed E-state index contributed by atoms with van der Waals surface area (Å²) in [5, 5.41) is 3.67. The van der Waals surface area contributed by atoms with Crippen LogP contribution in [0.5, 0.6) is 0 Å². The number of hydrogen-bond donors (Lipinski definition) is 1. The second kappa shape index (κ2) is 6.10. The third kappa shape index (κ3) is 2.89. The van der Waals surface area contributed by atoms with Crippen molar-refractivity contribution in [3.8, 4) is 0 Å². The van der Waals surface area contributed by atoms with Crippen molar-refractivity contribution in [3.05, 3.63) is 35.4 Å². The zero-order valence-electron chi connectivity index (χ0n) is 13.7. The number of hydrogen-bond acceptors (Lipinski definition) is 2. The van der Waals surface area contributed by atoms with E-state index in [-0.39, 0.29) is 5.41 Å². The summed E-state index contributed by atoms with van der Waals surface area (Å²) in [5.41, 5.74) is 3.18. The second-order valence-corrected chi connectivity index (χ2v) is 7.27. The third-order valence-corrected chi connectivity index (χ3v) is 5.46. The van der Waals surface area contributed by atoms with Gasteiger partial charge in [-0.15, -0.1) is 0 Å². The maximum Gasteiger partial charge on any atom is 0.0831 e. The van der Waals surface area contributed by atoms with Gasteiger partial charge in [-0.1, -0.05) is 45.0 Å². The summed E-state index contributed by atoms with van der Waals surface area (Å²) in [6.45, 7) is 8.05. The minimum Gasteiger partial charge on any atom is -0.370 e. The molecule has 0 heterocycles. The second-order valence-electron chi connectivity index (χ2n) is 7.27. The molecule has 0 amide bonds. The molecule has 1 aromatic carbocycles. The van der Waals surface area contributed by atoms with Crippen molar-refractivity contribution >= 4 is 0 Å². The van der Waals surface area contributed by atoms with Crippen molar-refractivity contribution in [2.24, 2.45) is 5.41 Å². The summed E-state index contributed by atoms with van der Waals surface area (Å²) < 4.78 is 6.54. The zero-order chi connectivity index (χ0) is 14.9. The highest BCUT2D eigenvalue weighted by Crippen LogP contribution is 2.46. The first-order valence-corrected chi connectivity index (χ1v) is 8.59. The van der Waals surface area contributed by atoms with Gasteiger partial charge in [0.15, 0.2) is 0 Å². The average Bonchev–Trinajstić information content (AvgIpc) is 2.50. The van der Waals surface area contributed by atoms with Gasteiger partial charge in [0.1, 0.15) is 0 Å². The van der Waals surface area contributed by atoms with Crippen molar-refractivity contribution < 1.29 is 4.74 Å². The van der Waals surface area contributed by atoms with Gasteiger partial charge in [0, 0.05) is 11.5 Å². The fraction of sp³-hybridized carbons (Fsp3) is 0.684. The van der Waals surface area contributed by atoms with Crippen LogP contribution in [-0.4, -0.2) is 18.7 Å². The van der Waals surface area contributed by atoms with E-state index >= 15 is 0 Å². The normalized spacial score (nSPS) is 30.5. The summed E-state index contributed by atoms with van der Waals surface area (Å²) in [5.74, 6) is 0. The van der Waals surface area contributed by atoms with E-state index in [0.717, 1.165) is 13.0 Å². The Kier molecular flexibility index (Phi) is 4.37. The van der Waals surface area contributed by atoms with E-state index in [1.165, 1.54) is 36.8 Å². The number of benzene rings is 1. The Morgan fingerprint density at radius 1 is 1.29 bits per heavy atom. The first kappa shape index (κ1) is 15.1. The summed E-state index contributed by atoms with van der Waals surface area (Å²) in [6, 6.07) is 9.44. The summed E-state index contributed by atoms with van der Waals surface area (Å²) >= 11 is 0. The fourth-order valence-corrected chi connectivity index (χ4v) is 3.83. The molecule has 3 atom stereocenters. The van der Waals surface area contributed by atoms with Crippen LogP contribution in [0.2, 0.25) is 0 Å². The number of ether oxygens (including phenoxy) is 1. The molecule has 116 valence electrons. The molecule has 1 saturated carbocycles. The molecule has 2 aliphatic rings. The molecule has 3 unspecified atom stereocenters. The van der Waals surface area contributed by atoms with Gasteiger partial charge in [-0.25, -0.2) is 0 Å². The highest BCUT2D eigenvalue weighted by molar-refractivity contribution is 5.31. The van der Waals surface area contributed by atoms with Gasteiger partial charge in [0.25, 0.3) is 0 Å². The maximum atomic E-state index is 6.54. The van der Waals surface area contributed by atoms with Gasteiger partial charge >= 0.3 is 0 Å². The van der Waals surface area contributed by atoms with Crippen LogP contribution in [0.4, 0.5) is 0 Å². The van der Waals surface area contributed by atoms with Crippen molar-refractivity contribution in [2.75, 3.05) is 6.54 Å². The Balaban J connectivity index is 1.64. The monoisotopic (exact) mass is 287 g/mol. The molecule has 1 N–H and O–H groups in total. The largest absolute Gasteiger partial charge is 0.370 e. The lowest BCUT2D eigenvalue weighted by atomic mass is 9.64. The molecular formula is C19H29NO. The van der Waals surface area contributed by atoms with Crippen LogP contribution in [0.25, 0.3) is 0 Å². The quantitative estimate of drug-likeness (QED) is 0.874. The Morgan fingerprint density at radius 3 is 2.86 bits per heavy atom. The van der Waals surface area contributed by atoms with E-state index in [9.17, 15) is 0 Å². The first-order chi connectivity index (χ1) is 10.1. The Morgan fingerprint density at radius 2 is 2.10 bits per heavy atom. The predicted octanol–water partition coefficient (Wildman–Crippen LogP) is 4.25. The van der Waals surface area contributed by atoms with Crippen LogP contribution in [0, 0.1) is 5.41 Å². The Bertz CT molecular complexity index is 482. The molecule has 21 heavy (non-hydrogen) atoms. The molecule has 0 aromatic heterocycles. The minimum absolute atomic E-state index is 0.252.